The van der Waals surface area contributed by atoms with Crippen LogP contribution < -0.4 is 11.1 Å². The van der Waals surface area contributed by atoms with Crippen molar-refractivity contribution in [2.45, 2.75) is 70.4 Å². The van der Waals surface area contributed by atoms with E-state index in [0.29, 0.717) is 12.6 Å². The second-order valence-electron chi connectivity index (χ2n) is 5.93. The van der Waals surface area contributed by atoms with Gasteiger partial charge in [-0.25, -0.2) is 0 Å². The topological polar surface area (TPSA) is 58.3 Å². The van der Waals surface area contributed by atoms with Crippen LogP contribution in [0, 0.1) is 5.92 Å². The van der Waals surface area contributed by atoms with Crippen molar-refractivity contribution in [2.24, 2.45) is 11.7 Å². The molecule has 0 radical (unpaired) electrons. The van der Waals surface area contributed by atoms with Crippen LogP contribution in [0.3, 0.4) is 0 Å². The van der Waals surface area contributed by atoms with Crippen LogP contribution in [-0.4, -0.2) is 29.8 Å². The molecule has 0 saturated heterocycles. The van der Waals surface area contributed by atoms with E-state index in [1.54, 1.807) is 0 Å². The quantitative estimate of drug-likeness (QED) is 0.625. The Kier molecular flexibility index (Phi) is 6.45. The number of hydrogen-bond donors (Lipinski definition) is 3. The van der Waals surface area contributed by atoms with E-state index in [9.17, 15) is 0 Å². The lowest BCUT2D eigenvalue weighted by atomic mass is 9.88. The molecule has 3 heteroatoms. The molecule has 102 valence electrons. The first-order valence-corrected chi connectivity index (χ1v) is 7.20. The Hall–Kier alpha value is -0.120. The maximum absolute atomic E-state index is 8.87. The van der Waals surface area contributed by atoms with Crippen LogP contribution in [0.2, 0.25) is 0 Å². The second kappa shape index (κ2) is 7.34. The van der Waals surface area contributed by atoms with Crippen LogP contribution in [0.25, 0.3) is 0 Å². The van der Waals surface area contributed by atoms with Gasteiger partial charge in [0.2, 0.25) is 0 Å². The Bertz CT molecular complexity index is 210. The Morgan fingerprint density at radius 3 is 2.82 bits per heavy atom. The predicted molar refractivity (Wildman–Crippen MR) is 73.0 cm³/mol. The Morgan fingerprint density at radius 2 is 2.18 bits per heavy atom. The van der Waals surface area contributed by atoms with Crippen molar-refractivity contribution in [1.82, 2.24) is 5.32 Å². The summed E-state index contributed by atoms with van der Waals surface area (Å²) < 4.78 is 0. The average Bonchev–Trinajstić information content (AvgIpc) is 2.50. The van der Waals surface area contributed by atoms with Gasteiger partial charge in [-0.3, -0.25) is 0 Å². The van der Waals surface area contributed by atoms with Gasteiger partial charge in [0, 0.05) is 24.7 Å². The number of rotatable bonds is 6. The standard InChI is InChI=1S/C14H30N2O/c1-12-5-3-8-14(11-15,9-7-12)16-13(2)6-4-10-17/h12-13,16-17H,3-11,15H2,1-2H3. The van der Waals surface area contributed by atoms with Crippen molar-refractivity contribution in [3.05, 3.63) is 0 Å². The normalized spacial score (nSPS) is 32.1. The fourth-order valence-corrected chi connectivity index (χ4v) is 2.98. The van der Waals surface area contributed by atoms with Gasteiger partial charge in [0.1, 0.15) is 0 Å². The van der Waals surface area contributed by atoms with Crippen LogP contribution in [0.1, 0.15) is 58.8 Å². The van der Waals surface area contributed by atoms with Gasteiger partial charge < -0.3 is 16.2 Å². The molecule has 0 spiro atoms. The van der Waals surface area contributed by atoms with Crippen LogP contribution >= 0.6 is 0 Å². The monoisotopic (exact) mass is 242 g/mol. The zero-order chi connectivity index (χ0) is 12.7. The number of nitrogens with one attached hydrogen (secondary N) is 1. The summed E-state index contributed by atoms with van der Waals surface area (Å²) >= 11 is 0. The Balaban J connectivity index is 2.49. The Morgan fingerprint density at radius 1 is 1.41 bits per heavy atom. The average molecular weight is 242 g/mol. The zero-order valence-electron chi connectivity index (χ0n) is 11.5. The molecule has 3 nitrogen and oxygen atoms in total. The molecular weight excluding hydrogens is 212 g/mol. The van der Waals surface area contributed by atoms with Gasteiger partial charge in [-0.05, 0) is 44.9 Å². The van der Waals surface area contributed by atoms with Gasteiger partial charge in [0.05, 0.1) is 0 Å². The van der Waals surface area contributed by atoms with Gasteiger partial charge in [-0.15, -0.1) is 0 Å². The van der Waals surface area contributed by atoms with E-state index in [1.165, 1.54) is 32.1 Å². The lowest BCUT2D eigenvalue weighted by Crippen LogP contribution is -2.54. The summed E-state index contributed by atoms with van der Waals surface area (Å²) in [6.07, 6.45) is 8.24. The third-order valence-corrected chi connectivity index (χ3v) is 4.21. The molecule has 1 saturated carbocycles. The zero-order valence-corrected chi connectivity index (χ0v) is 11.5. The smallest absolute Gasteiger partial charge is 0.0431 e. The highest BCUT2D eigenvalue weighted by atomic mass is 16.2. The maximum Gasteiger partial charge on any atom is 0.0431 e. The highest BCUT2D eigenvalue weighted by Crippen LogP contribution is 2.30. The lowest BCUT2D eigenvalue weighted by molar-refractivity contribution is 0.236. The van der Waals surface area contributed by atoms with Gasteiger partial charge in [-0.2, -0.15) is 0 Å². The second-order valence-corrected chi connectivity index (χ2v) is 5.93. The van der Waals surface area contributed by atoms with E-state index in [0.717, 1.165) is 25.3 Å². The van der Waals surface area contributed by atoms with Crippen molar-refractivity contribution in [3.63, 3.8) is 0 Å². The van der Waals surface area contributed by atoms with Crippen molar-refractivity contribution in [1.29, 1.82) is 0 Å². The summed E-state index contributed by atoms with van der Waals surface area (Å²) in [6, 6.07) is 0.458. The molecule has 0 heterocycles. The molecule has 1 aliphatic rings. The molecule has 1 rings (SSSR count). The van der Waals surface area contributed by atoms with Crippen molar-refractivity contribution in [2.75, 3.05) is 13.2 Å². The fraction of sp³-hybridized carbons (Fsp3) is 1.00. The molecule has 0 bridgehead atoms. The van der Waals surface area contributed by atoms with Gasteiger partial charge in [0.25, 0.3) is 0 Å². The minimum Gasteiger partial charge on any atom is -0.396 e. The number of hydrogen-bond acceptors (Lipinski definition) is 3. The van der Waals surface area contributed by atoms with Crippen LogP contribution in [-0.2, 0) is 0 Å². The largest absolute Gasteiger partial charge is 0.396 e. The SMILES string of the molecule is CC1CCCC(CN)(NC(C)CCCO)CC1. The van der Waals surface area contributed by atoms with Crippen molar-refractivity contribution in [3.8, 4) is 0 Å². The molecule has 1 fully saturated rings. The van der Waals surface area contributed by atoms with Crippen LogP contribution in [0.4, 0.5) is 0 Å². The molecule has 0 amide bonds. The predicted octanol–water partition coefficient (Wildman–Crippen LogP) is 2.03. The fourth-order valence-electron chi connectivity index (χ4n) is 2.98. The summed E-state index contributed by atoms with van der Waals surface area (Å²) in [5.74, 6) is 0.845. The summed E-state index contributed by atoms with van der Waals surface area (Å²) in [7, 11) is 0. The minimum atomic E-state index is 0.152. The van der Waals surface area contributed by atoms with Gasteiger partial charge >= 0.3 is 0 Å². The van der Waals surface area contributed by atoms with Crippen molar-refractivity contribution < 1.29 is 5.11 Å². The molecule has 0 aliphatic heterocycles. The van der Waals surface area contributed by atoms with Crippen LogP contribution in [0.5, 0.6) is 0 Å². The molecule has 3 atom stereocenters. The first-order chi connectivity index (χ1) is 8.12. The molecule has 17 heavy (non-hydrogen) atoms. The lowest BCUT2D eigenvalue weighted by Gasteiger charge is -2.36. The number of aliphatic hydroxyl groups is 1. The Labute approximate surface area is 106 Å². The van der Waals surface area contributed by atoms with E-state index in [2.05, 4.69) is 19.2 Å². The van der Waals surface area contributed by atoms with Crippen molar-refractivity contribution >= 4 is 0 Å². The van der Waals surface area contributed by atoms with Crippen LogP contribution in [0.15, 0.2) is 0 Å². The highest BCUT2D eigenvalue weighted by molar-refractivity contribution is 4.93. The third-order valence-electron chi connectivity index (χ3n) is 4.21. The van der Waals surface area contributed by atoms with Gasteiger partial charge in [-0.1, -0.05) is 19.8 Å². The van der Waals surface area contributed by atoms with E-state index < -0.39 is 0 Å². The van der Waals surface area contributed by atoms with E-state index in [-0.39, 0.29) is 5.54 Å². The summed E-state index contributed by atoms with van der Waals surface area (Å²) in [4.78, 5) is 0. The molecule has 4 N–H and O–H groups in total. The number of aliphatic hydroxyl groups excluding tert-OH is 1. The molecular formula is C14H30N2O. The molecule has 0 aromatic heterocycles. The summed E-state index contributed by atoms with van der Waals surface area (Å²) in [6.45, 7) is 5.59. The summed E-state index contributed by atoms with van der Waals surface area (Å²) in [5, 5.41) is 12.6. The third kappa shape index (κ3) is 4.94. The first kappa shape index (κ1) is 14.9. The highest BCUT2D eigenvalue weighted by Gasteiger charge is 2.31. The molecule has 0 aromatic carbocycles. The summed E-state index contributed by atoms with van der Waals surface area (Å²) in [5.41, 5.74) is 6.17. The van der Waals surface area contributed by atoms with E-state index >= 15 is 0 Å². The maximum atomic E-state index is 8.87. The minimum absolute atomic E-state index is 0.152. The molecule has 3 unspecified atom stereocenters. The van der Waals surface area contributed by atoms with E-state index in [1.807, 2.05) is 0 Å². The van der Waals surface area contributed by atoms with Gasteiger partial charge in [0.15, 0.2) is 0 Å². The molecule has 0 aromatic rings. The van der Waals surface area contributed by atoms with E-state index in [4.69, 9.17) is 10.8 Å². The molecule has 1 aliphatic carbocycles. The first-order valence-electron chi connectivity index (χ1n) is 7.20. The number of nitrogens with two attached hydrogens (primary N) is 1.